The molecule has 1 aliphatic carbocycles. The second-order valence-electron chi connectivity index (χ2n) is 8.82. The molecule has 148 valence electrons. The van der Waals surface area contributed by atoms with Crippen molar-refractivity contribution in [2.75, 3.05) is 0 Å². The number of halogens is 2. The molecule has 1 saturated carbocycles. The molecule has 0 saturated heterocycles. The van der Waals surface area contributed by atoms with E-state index in [4.69, 9.17) is 4.99 Å². The molecule has 0 amide bonds. The molecule has 3 aromatic rings. The maximum absolute atomic E-state index is 13.7. The predicted molar refractivity (Wildman–Crippen MR) is 116 cm³/mol. The third-order valence-corrected chi connectivity index (χ3v) is 6.52. The Morgan fingerprint density at radius 3 is 2.28 bits per heavy atom. The number of hydrogen-bond acceptors (Lipinski definition) is 1. The summed E-state index contributed by atoms with van der Waals surface area (Å²) in [4.78, 5) is 5.05. The molecule has 0 aromatic heterocycles. The van der Waals surface area contributed by atoms with Crippen LogP contribution >= 0.6 is 0 Å². The van der Waals surface area contributed by atoms with Gasteiger partial charge < -0.3 is 0 Å². The lowest BCUT2D eigenvalue weighted by molar-refractivity contribution is -0.0381. The molecule has 0 N–H and O–H groups in total. The molecule has 2 aliphatic rings. The third kappa shape index (κ3) is 3.08. The number of rotatable bonds is 2. The zero-order chi connectivity index (χ0) is 20.3. The lowest BCUT2D eigenvalue weighted by atomic mass is 9.79. The van der Waals surface area contributed by atoms with Crippen LogP contribution in [0.5, 0.6) is 0 Å². The summed E-state index contributed by atoms with van der Waals surface area (Å²) in [6.45, 7) is 6.32. The van der Waals surface area contributed by atoms with Crippen LogP contribution < -0.4 is 0 Å². The fraction of sp³-hybridized carbons (Fsp3) is 0.346. The molecule has 3 heteroatoms. The molecule has 0 radical (unpaired) electrons. The summed E-state index contributed by atoms with van der Waals surface area (Å²) >= 11 is 0. The number of hydrogen-bond donors (Lipinski definition) is 0. The molecule has 1 nitrogen and oxygen atoms in total. The molecule has 0 spiro atoms. The Labute approximate surface area is 170 Å². The average Bonchev–Trinajstić information content (AvgIpc) is 3.05. The van der Waals surface area contributed by atoms with Crippen LogP contribution in [-0.4, -0.2) is 11.6 Å². The Kier molecular flexibility index (Phi) is 4.13. The standard InChI is InChI=1S/C26H25F2N/c1-15-12-16(2)14-19(13-15)25-22-7-6-20(18-8-10-26(27,28)11-9-18)21-5-4-17(3)24(29-25)23(21)22/h4-7,12-14,18H,8-11H2,1-3H3. The van der Waals surface area contributed by atoms with E-state index in [1.54, 1.807) is 0 Å². The molecule has 1 aliphatic heterocycles. The molecular formula is C26H25F2N. The van der Waals surface area contributed by atoms with Gasteiger partial charge in [-0.05, 0) is 68.2 Å². The predicted octanol–water partition coefficient (Wildman–Crippen LogP) is 7.54. The Balaban J connectivity index is 1.65. The molecular weight excluding hydrogens is 364 g/mol. The van der Waals surface area contributed by atoms with Crippen LogP contribution in [0.1, 0.15) is 65.0 Å². The summed E-state index contributed by atoms with van der Waals surface area (Å²) in [6, 6.07) is 15.2. The summed E-state index contributed by atoms with van der Waals surface area (Å²) in [5.74, 6) is -2.30. The summed E-state index contributed by atoms with van der Waals surface area (Å²) in [5.41, 5.74) is 9.18. The van der Waals surface area contributed by atoms with Gasteiger partial charge >= 0.3 is 0 Å². The monoisotopic (exact) mass is 389 g/mol. The van der Waals surface area contributed by atoms with Crippen LogP contribution in [0.15, 0.2) is 47.5 Å². The highest BCUT2D eigenvalue weighted by molar-refractivity contribution is 6.27. The van der Waals surface area contributed by atoms with E-state index in [-0.39, 0.29) is 18.8 Å². The fourth-order valence-corrected chi connectivity index (χ4v) is 5.11. The first-order valence-corrected chi connectivity index (χ1v) is 10.4. The van der Waals surface area contributed by atoms with Gasteiger partial charge in [-0.15, -0.1) is 0 Å². The van der Waals surface area contributed by atoms with Crippen molar-refractivity contribution >= 4 is 22.2 Å². The van der Waals surface area contributed by atoms with Gasteiger partial charge in [-0.25, -0.2) is 13.8 Å². The SMILES string of the molecule is Cc1cc(C)cc(C2=Nc3c(C)ccc4c(C5CCC(F)(F)CC5)ccc2c34)c1. The van der Waals surface area contributed by atoms with E-state index in [0.29, 0.717) is 12.8 Å². The Bertz CT molecular complexity index is 1140. The second kappa shape index (κ2) is 6.48. The highest BCUT2D eigenvalue weighted by Crippen LogP contribution is 2.46. The van der Waals surface area contributed by atoms with Gasteiger partial charge in [0.15, 0.2) is 0 Å². The van der Waals surface area contributed by atoms with E-state index < -0.39 is 5.92 Å². The number of benzene rings is 3. The molecule has 29 heavy (non-hydrogen) atoms. The molecule has 5 rings (SSSR count). The molecule has 1 fully saturated rings. The van der Waals surface area contributed by atoms with Crippen molar-refractivity contribution in [3.05, 3.63) is 75.8 Å². The first-order valence-electron chi connectivity index (χ1n) is 10.4. The van der Waals surface area contributed by atoms with Gasteiger partial charge in [0.25, 0.3) is 0 Å². The van der Waals surface area contributed by atoms with E-state index in [2.05, 4.69) is 63.2 Å². The summed E-state index contributed by atoms with van der Waals surface area (Å²) in [6.07, 6.45) is 1.08. The van der Waals surface area contributed by atoms with Crippen LogP contribution in [0.2, 0.25) is 0 Å². The van der Waals surface area contributed by atoms with Crippen LogP contribution in [0.4, 0.5) is 14.5 Å². The van der Waals surface area contributed by atoms with Crippen molar-refractivity contribution < 1.29 is 8.78 Å². The third-order valence-electron chi connectivity index (χ3n) is 6.52. The van der Waals surface area contributed by atoms with Crippen molar-refractivity contribution in [1.82, 2.24) is 0 Å². The number of nitrogens with zero attached hydrogens (tertiary/aromatic N) is 1. The van der Waals surface area contributed by atoms with E-state index >= 15 is 0 Å². The zero-order valence-electron chi connectivity index (χ0n) is 17.2. The van der Waals surface area contributed by atoms with Crippen molar-refractivity contribution in [3.8, 4) is 0 Å². The van der Waals surface area contributed by atoms with Gasteiger partial charge in [-0.1, -0.05) is 41.5 Å². The topological polar surface area (TPSA) is 12.4 Å². The van der Waals surface area contributed by atoms with Crippen LogP contribution in [0.3, 0.4) is 0 Å². The maximum atomic E-state index is 13.7. The van der Waals surface area contributed by atoms with E-state index in [0.717, 1.165) is 28.1 Å². The smallest absolute Gasteiger partial charge is 0.247 e. The summed E-state index contributed by atoms with van der Waals surface area (Å²) < 4.78 is 27.4. The van der Waals surface area contributed by atoms with Gasteiger partial charge in [0.1, 0.15) is 0 Å². The van der Waals surface area contributed by atoms with Gasteiger partial charge in [-0.3, -0.25) is 0 Å². The zero-order valence-corrected chi connectivity index (χ0v) is 17.2. The first-order chi connectivity index (χ1) is 13.8. The minimum absolute atomic E-state index is 0.00997. The summed E-state index contributed by atoms with van der Waals surface area (Å²) in [5, 5.41) is 2.37. The molecule has 1 heterocycles. The molecule has 0 bridgehead atoms. The van der Waals surface area contributed by atoms with Crippen molar-refractivity contribution in [1.29, 1.82) is 0 Å². The van der Waals surface area contributed by atoms with Gasteiger partial charge in [0.2, 0.25) is 5.92 Å². The lowest BCUT2D eigenvalue weighted by Gasteiger charge is -2.29. The highest BCUT2D eigenvalue weighted by Gasteiger charge is 2.36. The van der Waals surface area contributed by atoms with Crippen LogP contribution in [0.25, 0.3) is 10.8 Å². The molecule has 3 aromatic carbocycles. The normalized spacial score (nSPS) is 18.3. The van der Waals surface area contributed by atoms with Crippen molar-refractivity contribution in [2.45, 2.75) is 58.3 Å². The maximum Gasteiger partial charge on any atom is 0.248 e. The number of alkyl halides is 2. The van der Waals surface area contributed by atoms with Gasteiger partial charge in [-0.2, -0.15) is 0 Å². The van der Waals surface area contributed by atoms with E-state index in [9.17, 15) is 8.78 Å². The van der Waals surface area contributed by atoms with Crippen molar-refractivity contribution in [3.63, 3.8) is 0 Å². The van der Waals surface area contributed by atoms with Crippen LogP contribution in [-0.2, 0) is 0 Å². The number of aliphatic imine (C=N–C) groups is 1. The van der Waals surface area contributed by atoms with Gasteiger partial charge in [0.05, 0.1) is 11.4 Å². The minimum atomic E-state index is -2.50. The van der Waals surface area contributed by atoms with E-state index in [1.165, 1.54) is 27.5 Å². The van der Waals surface area contributed by atoms with Gasteiger partial charge in [0, 0.05) is 29.4 Å². The van der Waals surface area contributed by atoms with E-state index in [1.807, 2.05) is 0 Å². The second-order valence-corrected chi connectivity index (χ2v) is 8.82. The highest BCUT2D eigenvalue weighted by atomic mass is 19.3. The van der Waals surface area contributed by atoms with Crippen LogP contribution in [0, 0.1) is 20.8 Å². The Morgan fingerprint density at radius 1 is 0.897 bits per heavy atom. The van der Waals surface area contributed by atoms with Crippen molar-refractivity contribution in [2.24, 2.45) is 4.99 Å². The number of aryl methyl sites for hydroxylation is 3. The average molecular weight is 389 g/mol. The Morgan fingerprint density at radius 2 is 1.59 bits per heavy atom. The lowest BCUT2D eigenvalue weighted by Crippen LogP contribution is -2.23. The first kappa shape index (κ1) is 18.5. The largest absolute Gasteiger partial charge is 0.248 e. The Hall–Kier alpha value is -2.55. The minimum Gasteiger partial charge on any atom is -0.247 e. The quantitative estimate of drug-likeness (QED) is 0.336. The summed E-state index contributed by atoms with van der Waals surface area (Å²) in [7, 11) is 0. The molecule has 0 unspecified atom stereocenters. The molecule has 0 atom stereocenters. The fourth-order valence-electron chi connectivity index (χ4n) is 5.11.